The van der Waals surface area contributed by atoms with E-state index < -0.39 is 0 Å². The summed E-state index contributed by atoms with van der Waals surface area (Å²) in [5, 5.41) is 2.31. The van der Waals surface area contributed by atoms with E-state index in [9.17, 15) is 4.79 Å². The molecule has 0 saturated carbocycles. The van der Waals surface area contributed by atoms with Crippen LogP contribution in [0, 0.1) is 5.92 Å². The van der Waals surface area contributed by atoms with Gasteiger partial charge in [0.15, 0.2) is 0 Å². The third kappa shape index (κ3) is 2.66. The Bertz CT molecular complexity index is 656. The van der Waals surface area contributed by atoms with Gasteiger partial charge in [-0.25, -0.2) is 0 Å². The van der Waals surface area contributed by atoms with Crippen molar-refractivity contribution in [3.05, 3.63) is 40.9 Å². The third-order valence-electron chi connectivity index (χ3n) is 3.76. The molecule has 0 aromatic heterocycles. The van der Waals surface area contributed by atoms with Crippen LogP contribution in [0.15, 0.2) is 40.9 Å². The van der Waals surface area contributed by atoms with Gasteiger partial charge in [-0.1, -0.05) is 28.1 Å². The van der Waals surface area contributed by atoms with Gasteiger partial charge in [-0.3, -0.25) is 4.79 Å². The first-order chi connectivity index (χ1) is 9.63. The van der Waals surface area contributed by atoms with E-state index in [1.165, 1.54) is 5.39 Å². The summed E-state index contributed by atoms with van der Waals surface area (Å²) in [6, 6.07) is 12.2. The molecule has 1 aliphatic heterocycles. The number of nitrogens with zero attached hydrogens (tertiary/aromatic N) is 1. The van der Waals surface area contributed by atoms with E-state index in [-0.39, 0.29) is 11.8 Å². The number of carbonyl (C=O) groups excluding carboxylic acids is 1. The molecule has 0 aliphatic carbocycles. The third-order valence-corrected chi connectivity index (χ3v) is 4.26. The van der Waals surface area contributed by atoms with E-state index >= 15 is 0 Å². The number of rotatable bonds is 3. The molecule has 20 heavy (non-hydrogen) atoms. The summed E-state index contributed by atoms with van der Waals surface area (Å²) < 4.78 is 6.86. The van der Waals surface area contributed by atoms with Gasteiger partial charge in [-0.2, -0.15) is 0 Å². The Kier molecular flexibility index (Phi) is 3.66. The molecule has 1 amide bonds. The molecule has 1 saturated heterocycles. The molecule has 1 aliphatic rings. The van der Waals surface area contributed by atoms with E-state index in [0.29, 0.717) is 6.61 Å². The number of carbonyl (C=O) groups is 1. The molecule has 0 radical (unpaired) electrons. The maximum atomic E-state index is 11.8. The minimum atomic E-state index is 0.000569. The Morgan fingerprint density at radius 1 is 1.25 bits per heavy atom. The second-order valence-electron chi connectivity index (χ2n) is 5.21. The maximum absolute atomic E-state index is 11.8. The van der Waals surface area contributed by atoms with Crippen molar-refractivity contribution in [1.29, 1.82) is 0 Å². The van der Waals surface area contributed by atoms with Crippen LogP contribution in [0.2, 0.25) is 0 Å². The quantitative estimate of drug-likeness (QED) is 0.860. The van der Waals surface area contributed by atoms with E-state index in [2.05, 4.69) is 28.1 Å². The second kappa shape index (κ2) is 5.44. The normalized spacial score (nSPS) is 18.8. The van der Waals surface area contributed by atoms with Crippen molar-refractivity contribution in [2.45, 2.75) is 6.42 Å². The molecule has 3 nitrogen and oxygen atoms in total. The number of ether oxygens (including phenoxy) is 1. The zero-order valence-corrected chi connectivity index (χ0v) is 12.9. The Morgan fingerprint density at radius 3 is 2.75 bits per heavy atom. The molecule has 0 spiro atoms. The first-order valence-corrected chi connectivity index (χ1v) is 7.50. The smallest absolute Gasteiger partial charge is 0.228 e. The molecule has 3 rings (SSSR count). The Balaban J connectivity index is 1.72. The van der Waals surface area contributed by atoms with Gasteiger partial charge in [-0.05, 0) is 41.5 Å². The summed E-state index contributed by atoms with van der Waals surface area (Å²) in [6.07, 6.45) is 0.885. The lowest BCUT2D eigenvalue weighted by Crippen LogP contribution is -2.25. The molecule has 1 heterocycles. The molecular formula is C16H16BrNO2. The van der Waals surface area contributed by atoms with Gasteiger partial charge in [-0.15, -0.1) is 0 Å². The van der Waals surface area contributed by atoms with Gasteiger partial charge >= 0.3 is 0 Å². The van der Waals surface area contributed by atoms with Crippen LogP contribution in [0.25, 0.3) is 10.8 Å². The number of hydrogen-bond donors (Lipinski definition) is 0. The first-order valence-electron chi connectivity index (χ1n) is 6.70. The van der Waals surface area contributed by atoms with Gasteiger partial charge < -0.3 is 9.64 Å². The van der Waals surface area contributed by atoms with E-state index in [1.807, 2.05) is 31.3 Å². The minimum Gasteiger partial charge on any atom is -0.493 e. The summed E-state index contributed by atoms with van der Waals surface area (Å²) in [4.78, 5) is 13.6. The zero-order valence-electron chi connectivity index (χ0n) is 11.3. The molecule has 1 atom stereocenters. The lowest BCUT2D eigenvalue weighted by atomic mass is 10.1. The van der Waals surface area contributed by atoms with Gasteiger partial charge in [0, 0.05) is 18.1 Å². The minimum absolute atomic E-state index is 0.000569. The van der Waals surface area contributed by atoms with Gasteiger partial charge in [0.1, 0.15) is 5.75 Å². The predicted octanol–water partition coefficient (Wildman–Crippen LogP) is 3.46. The topological polar surface area (TPSA) is 29.5 Å². The number of hydrogen-bond acceptors (Lipinski definition) is 2. The fraction of sp³-hybridized carbons (Fsp3) is 0.312. The first kappa shape index (κ1) is 13.4. The van der Waals surface area contributed by atoms with Crippen molar-refractivity contribution in [3.8, 4) is 5.75 Å². The Hall–Kier alpha value is -1.55. The SMILES string of the molecule is CN1CCC(COc2ccc3cc(Br)ccc3c2)C1=O. The van der Waals surface area contributed by atoms with Crippen LogP contribution in [0.4, 0.5) is 0 Å². The van der Waals surface area contributed by atoms with Crippen LogP contribution in [-0.4, -0.2) is 31.0 Å². The average molecular weight is 334 g/mol. The average Bonchev–Trinajstić information content (AvgIpc) is 2.76. The highest BCUT2D eigenvalue weighted by atomic mass is 79.9. The summed E-state index contributed by atoms with van der Waals surface area (Å²) >= 11 is 3.47. The van der Waals surface area contributed by atoms with Crippen molar-refractivity contribution < 1.29 is 9.53 Å². The Morgan fingerprint density at radius 2 is 2.00 bits per heavy atom. The number of likely N-dealkylation sites (tertiary alicyclic amines) is 1. The van der Waals surface area contributed by atoms with Crippen LogP contribution < -0.4 is 4.74 Å². The highest BCUT2D eigenvalue weighted by molar-refractivity contribution is 9.10. The lowest BCUT2D eigenvalue weighted by molar-refractivity contribution is -0.130. The van der Waals surface area contributed by atoms with E-state index in [1.54, 1.807) is 4.90 Å². The summed E-state index contributed by atoms with van der Waals surface area (Å²) in [5.41, 5.74) is 0. The number of fused-ring (bicyclic) bond motifs is 1. The molecule has 104 valence electrons. The molecular weight excluding hydrogens is 318 g/mol. The van der Waals surface area contributed by atoms with E-state index in [0.717, 1.165) is 28.6 Å². The van der Waals surface area contributed by atoms with Crippen LogP contribution in [0.5, 0.6) is 5.75 Å². The monoisotopic (exact) mass is 333 g/mol. The molecule has 0 N–H and O–H groups in total. The van der Waals surface area contributed by atoms with Crippen LogP contribution in [-0.2, 0) is 4.79 Å². The van der Waals surface area contributed by atoms with Crippen molar-refractivity contribution in [2.24, 2.45) is 5.92 Å². The highest BCUT2D eigenvalue weighted by Crippen LogP contribution is 2.25. The second-order valence-corrected chi connectivity index (χ2v) is 6.13. The van der Waals surface area contributed by atoms with Crippen LogP contribution in [0.3, 0.4) is 0 Å². The summed E-state index contributed by atoms with van der Waals surface area (Å²) in [5.74, 6) is 1.01. The van der Waals surface area contributed by atoms with Crippen LogP contribution >= 0.6 is 15.9 Å². The Labute approximate surface area is 126 Å². The molecule has 1 fully saturated rings. The number of halogens is 1. The molecule has 1 unspecified atom stereocenters. The van der Waals surface area contributed by atoms with Gasteiger partial charge in [0.05, 0.1) is 12.5 Å². The van der Waals surface area contributed by atoms with Crippen molar-refractivity contribution in [2.75, 3.05) is 20.2 Å². The highest BCUT2D eigenvalue weighted by Gasteiger charge is 2.29. The van der Waals surface area contributed by atoms with E-state index in [4.69, 9.17) is 4.74 Å². The largest absolute Gasteiger partial charge is 0.493 e. The van der Waals surface area contributed by atoms with Crippen molar-refractivity contribution in [3.63, 3.8) is 0 Å². The lowest BCUT2D eigenvalue weighted by Gasteiger charge is -2.12. The standard InChI is InChI=1S/C16H16BrNO2/c1-18-7-6-13(16(18)19)10-20-15-5-3-11-8-14(17)4-2-12(11)9-15/h2-5,8-9,13H,6-7,10H2,1H3. The molecule has 0 bridgehead atoms. The predicted molar refractivity (Wildman–Crippen MR) is 82.9 cm³/mol. The molecule has 2 aromatic rings. The van der Waals surface area contributed by atoms with Crippen molar-refractivity contribution >= 4 is 32.6 Å². The fourth-order valence-corrected chi connectivity index (χ4v) is 2.91. The van der Waals surface area contributed by atoms with Crippen molar-refractivity contribution in [1.82, 2.24) is 4.90 Å². The summed E-state index contributed by atoms with van der Waals surface area (Å²) in [7, 11) is 1.84. The molecule has 4 heteroatoms. The zero-order chi connectivity index (χ0) is 14.1. The fourth-order valence-electron chi connectivity index (χ4n) is 2.53. The van der Waals surface area contributed by atoms with Crippen LogP contribution in [0.1, 0.15) is 6.42 Å². The number of amides is 1. The van der Waals surface area contributed by atoms with Gasteiger partial charge in [0.25, 0.3) is 0 Å². The molecule has 2 aromatic carbocycles. The number of benzene rings is 2. The summed E-state index contributed by atoms with van der Waals surface area (Å²) in [6.45, 7) is 1.30. The van der Waals surface area contributed by atoms with Gasteiger partial charge in [0.2, 0.25) is 5.91 Å². The maximum Gasteiger partial charge on any atom is 0.228 e.